The maximum Gasteiger partial charge on any atom is 0.229 e. The topological polar surface area (TPSA) is 73.8 Å². The summed E-state index contributed by atoms with van der Waals surface area (Å²) in [5, 5.41) is 6.71. The average molecular weight is 464 g/mol. The smallest absolute Gasteiger partial charge is 0.229 e. The average Bonchev–Trinajstić information content (AvgIpc) is 2.57. The molecular weight excluding hydrogens is 431 g/mol. The molecule has 0 unspecified atom stereocenters. The van der Waals surface area contributed by atoms with Gasteiger partial charge in [-0.2, -0.15) is 0 Å². The van der Waals surface area contributed by atoms with Crippen LogP contribution in [0.15, 0.2) is 4.99 Å². The fourth-order valence-electron chi connectivity index (χ4n) is 3.65. The Labute approximate surface area is 168 Å². The monoisotopic (exact) mass is 464 g/mol. The second kappa shape index (κ2) is 11.0. The predicted molar refractivity (Wildman–Crippen MR) is 111 cm³/mol. The molecule has 0 atom stereocenters. The highest BCUT2D eigenvalue weighted by Crippen LogP contribution is 2.29. The number of carbonyl (C=O) groups excluding carboxylic acids is 2. The lowest BCUT2D eigenvalue weighted by atomic mass is 9.80. The zero-order valence-corrected chi connectivity index (χ0v) is 18.0. The van der Waals surface area contributed by atoms with Gasteiger partial charge < -0.3 is 10.6 Å². The lowest BCUT2D eigenvalue weighted by molar-refractivity contribution is -0.147. The van der Waals surface area contributed by atoms with Crippen LogP contribution in [0.4, 0.5) is 0 Å². The van der Waals surface area contributed by atoms with E-state index in [1.54, 1.807) is 7.05 Å². The summed E-state index contributed by atoms with van der Waals surface area (Å²) in [5.74, 6) is 2.27. The van der Waals surface area contributed by atoms with Gasteiger partial charge in [-0.25, -0.2) is 0 Å². The number of rotatable bonds is 5. The van der Waals surface area contributed by atoms with Gasteiger partial charge in [0.15, 0.2) is 5.96 Å². The number of amides is 2. The summed E-state index contributed by atoms with van der Waals surface area (Å²) >= 11 is 0. The van der Waals surface area contributed by atoms with E-state index in [-0.39, 0.29) is 35.8 Å². The molecule has 6 nitrogen and oxygen atoms in total. The molecule has 1 aliphatic heterocycles. The standard InChI is InChI=1S/C18H32N4O2.HI/c1-13(2)14-7-9-15(10-8-14)21-18(19-3)20-11-12-22-16(23)5-4-6-17(22)24;/h13-15H,4-12H2,1-3H3,(H2,19,20,21);1H. The van der Waals surface area contributed by atoms with E-state index >= 15 is 0 Å². The molecule has 1 heterocycles. The van der Waals surface area contributed by atoms with Gasteiger partial charge in [0.25, 0.3) is 0 Å². The number of aliphatic imine (C=N–C) groups is 1. The Morgan fingerprint density at radius 2 is 1.76 bits per heavy atom. The van der Waals surface area contributed by atoms with E-state index in [9.17, 15) is 9.59 Å². The van der Waals surface area contributed by atoms with Crippen LogP contribution in [0, 0.1) is 11.8 Å². The van der Waals surface area contributed by atoms with Crippen molar-refractivity contribution in [1.82, 2.24) is 15.5 Å². The molecule has 2 rings (SSSR count). The van der Waals surface area contributed by atoms with Gasteiger partial charge in [-0.1, -0.05) is 13.8 Å². The molecule has 0 radical (unpaired) electrons. The number of nitrogens with one attached hydrogen (secondary N) is 2. The minimum absolute atomic E-state index is 0. The van der Waals surface area contributed by atoms with Gasteiger partial charge in [0.2, 0.25) is 11.8 Å². The molecule has 0 aromatic heterocycles. The maximum absolute atomic E-state index is 11.8. The summed E-state index contributed by atoms with van der Waals surface area (Å²) in [7, 11) is 1.76. The van der Waals surface area contributed by atoms with Crippen molar-refractivity contribution in [3.05, 3.63) is 0 Å². The van der Waals surface area contributed by atoms with Crippen LogP contribution >= 0.6 is 24.0 Å². The summed E-state index contributed by atoms with van der Waals surface area (Å²) in [6.07, 6.45) is 6.53. The molecule has 7 heteroatoms. The van der Waals surface area contributed by atoms with Crippen molar-refractivity contribution < 1.29 is 9.59 Å². The zero-order valence-electron chi connectivity index (χ0n) is 15.7. The Balaban J connectivity index is 0.00000312. The molecule has 144 valence electrons. The van der Waals surface area contributed by atoms with Crippen molar-refractivity contribution in [3.8, 4) is 0 Å². The van der Waals surface area contributed by atoms with Gasteiger partial charge in [-0.05, 0) is 43.9 Å². The number of halogens is 1. The number of imide groups is 1. The van der Waals surface area contributed by atoms with Crippen LogP contribution in [0.2, 0.25) is 0 Å². The van der Waals surface area contributed by atoms with Gasteiger partial charge >= 0.3 is 0 Å². The highest BCUT2D eigenvalue weighted by atomic mass is 127. The molecule has 25 heavy (non-hydrogen) atoms. The largest absolute Gasteiger partial charge is 0.355 e. The number of hydrogen-bond donors (Lipinski definition) is 2. The molecule has 1 saturated carbocycles. The van der Waals surface area contributed by atoms with Gasteiger partial charge in [-0.3, -0.25) is 19.5 Å². The van der Waals surface area contributed by atoms with E-state index in [0.717, 1.165) is 17.8 Å². The third kappa shape index (κ3) is 6.75. The van der Waals surface area contributed by atoms with Gasteiger partial charge in [-0.15, -0.1) is 24.0 Å². The molecule has 1 aliphatic carbocycles. The summed E-state index contributed by atoms with van der Waals surface area (Å²) < 4.78 is 0. The minimum Gasteiger partial charge on any atom is -0.355 e. The normalized spacial score (nSPS) is 25.0. The van der Waals surface area contributed by atoms with Crippen LogP contribution in [-0.2, 0) is 9.59 Å². The molecular formula is C18H33IN4O2. The van der Waals surface area contributed by atoms with Crippen molar-refractivity contribution >= 4 is 41.8 Å². The van der Waals surface area contributed by atoms with Crippen molar-refractivity contribution in [2.45, 2.75) is 64.8 Å². The van der Waals surface area contributed by atoms with Crippen LogP contribution in [0.1, 0.15) is 58.8 Å². The molecule has 2 aliphatic rings. The number of likely N-dealkylation sites (tertiary alicyclic amines) is 1. The number of nitrogens with zero attached hydrogens (tertiary/aromatic N) is 2. The van der Waals surface area contributed by atoms with Crippen molar-refractivity contribution in [2.24, 2.45) is 16.8 Å². The van der Waals surface area contributed by atoms with Gasteiger partial charge in [0.1, 0.15) is 0 Å². The van der Waals surface area contributed by atoms with Crippen molar-refractivity contribution in [2.75, 3.05) is 20.1 Å². The van der Waals surface area contributed by atoms with E-state index in [2.05, 4.69) is 29.5 Å². The molecule has 0 spiro atoms. The lowest BCUT2D eigenvalue weighted by Crippen LogP contribution is -2.49. The van der Waals surface area contributed by atoms with E-state index in [4.69, 9.17) is 0 Å². The fourth-order valence-corrected chi connectivity index (χ4v) is 3.65. The van der Waals surface area contributed by atoms with E-state index in [0.29, 0.717) is 38.4 Å². The highest BCUT2D eigenvalue weighted by Gasteiger charge is 2.26. The zero-order chi connectivity index (χ0) is 17.5. The number of carbonyl (C=O) groups is 2. The molecule has 2 N–H and O–H groups in total. The highest BCUT2D eigenvalue weighted by molar-refractivity contribution is 14.0. The first-order chi connectivity index (χ1) is 11.5. The fraction of sp³-hybridized carbons (Fsp3) is 0.833. The van der Waals surface area contributed by atoms with Gasteiger partial charge in [0.05, 0.1) is 0 Å². The first kappa shape index (κ1) is 22.2. The summed E-state index contributed by atoms with van der Waals surface area (Å²) in [6, 6.07) is 0.462. The molecule has 0 aromatic rings. The van der Waals surface area contributed by atoms with Crippen LogP contribution in [0.5, 0.6) is 0 Å². The molecule has 1 saturated heterocycles. The van der Waals surface area contributed by atoms with Crippen molar-refractivity contribution in [1.29, 1.82) is 0 Å². The lowest BCUT2D eigenvalue weighted by Gasteiger charge is -2.32. The second-order valence-corrected chi connectivity index (χ2v) is 7.29. The van der Waals surface area contributed by atoms with Crippen LogP contribution in [0.3, 0.4) is 0 Å². The van der Waals surface area contributed by atoms with Crippen molar-refractivity contribution in [3.63, 3.8) is 0 Å². The Hall–Kier alpha value is -0.860. The van der Waals surface area contributed by atoms with E-state index in [1.807, 2.05) is 0 Å². The molecule has 0 bridgehead atoms. The number of hydrogen-bond acceptors (Lipinski definition) is 3. The molecule has 2 fully saturated rings. The van der Waals surface area contributed by atoms with E-state index in [1.165, 1.54) is 30.6 Å². The van der Waals surface area contributed by atoms with Crippen LogP contribution < -0.4 is 10.6 Å². The Bertz CT molecular complexity index is 458. The SMILES string of the molecule is CN=C(NCCN1C(=O)CCCC1=O)NC1CCC(C(C)C)CC1.I. The quantitative estimate of drug-likeness (QED) is 0.284. The van der Waals surface area contributed by atoms with E-state index < -0.39 is 0 Å². The summed E-state index contributed by atoms with van der Waals surface area (Å²) in [5.41, 5.74) is 0. The molecule has 2 amide bonds. The summed E-state index contributed by atoms with van der Waals surface area (Å²) in [6.45, 7) is 5.57. The second-order valence-electron chi connectivity index (χ2n) is 7.29. The third-order valence-electron chi connectivity index (χ3n) is 5.29. The first-order valence-electron chi connectivity index (χ1n) is 9.31. The summed E-state index contributed by atoms with van der Waals surface area (Å²) in [4.78, 5) is 29.2. The number of piperidine rings is 1. The van der Waals surface area contributed by atoms with Crippen LogP contribution in [0.25, 0.3) is 0 Å². The minimum atomic E-state index is -0.0528. The van der Waals surface area contributed by atoms with Gasteiger partial charge in [0, 0.05) is 39.0 Å². The van der Waals surface area contributed by atoms with Crippen LogP contribution in [-0.4, -0.2) is 48.9 Å². The number of guanidine groups is 1. The Kier molecular flexibility index (Phi) is 9.74. The first-order valence-corrected chi connectivity index (χ1v) is 9.31. The molecule has 0 aromatic carbocycles. The Morgan fingerprint density at radius 3 is 2.28 bits per heavy atom. The predicted octanol–water partition coefficient (Wildman–Crippen LogP) is 2.52. The maximum atomic E-state index is 11.8. The third-order valence-corrected chi connectivity index (χ3v) is 5.29. The Morgan fingerprint density at radius 1 is 1.16 bits per heavy atom.